The number of hydrogen-bond acceptors (Lipinski definition) is 4. The molecule has 0 saturated carbocycles. The van der Waals surface area contributed by atoms with E-state index < -0.39 is 0 Å². The van der Waals surface area contributed by atoms with Crippen LogP contribution in [0.2, 0.25) is 0 Å². The molecule has 0 unspecified atom stereocenters. The Bertz CT molecular complexity index is 512. The zero-order chi connectivity index (χ0) is 13.5. The zero-order valence-electron chi connectivity index (χ0n) is 11.0. The van der Waals surface area contributed by atoms with Crippen molar-refractivity contribution in [2.24, 2.45) is 5.73 Å². The number of aromatic nitrogens is 1. The summed E-state index contributed by atoms with van der Waals surface area (Å²) in [5.74, 6) is 1.86. The Hall–Kier alpha value is -2.07. The third kappa shape index (κ3) is 3.69. The SMILES string of the molecule is CCCOc1cccnc1Oc1ccc(CN)cc1. The van der Waals surface area contributed by atoms with Gasteiger partial charge in [-0.1, -0.05) is 19.1 Å². The average Bonchev–Trinajstić information content (AvgIpc) is 2.47. The second kappa shape index (κ2) is 6.75. The Morgan fingerprint density at radius 1 is 1.16 bits per heavy atom. The summed E-state index contributed by atoms with van der Waals surface area (Å²) >= 11 is 0. The van der Waals surface area contributed by atoms with Crippen LogP contribution in [0.5, 0.6) is 17.4 Å². The summed E-state index contributed by atoms with van der Waals surface area (Å²) in [6.45, 7) is 3.23. The van der Waals surface area contributed by atoms with Gasteiger partial charge < -0.3 is 15.2 Å². The molecule has 0 aliphatic heterocycles. The van der Waals surface area contributed by atoms with E-state index in [1.807, 2.05) is 36.4 Å². The van der Waals surface area contributed by atoms with E-state index in [2.05, 4.69) is 11.9 Å². The first-order valence-electron chi connectivity index (χ1n) is 6.38. The van der Waals surface area contributed by atoms with Crippen molar-refractivity contribution in [3.05, 3.63) is 48.2 Å². The van der Waals surface area contributed by atoms with Crippen molar-refractivity contribution in [3.63, 3.8) is 0 Å². The van der Waals surface area contributed by atoms with Gasteiger partial charge in [-0.15, -0.1) is 0 Å². The van der Waals surface area contributed by atoms with E-state index in [1.165, 1.54) is 0 Å². The van der Waals surface area contributed by atoms with Gasteiger partial charge in [0.25, 0.3) is 5.88 Å². The third-order valence-electron chi connectivity index (χ3n) is 2.57. The van der Waals surface area contributed by atoms with Crippen molar-refractivity contribution in [2.75, 3.05) is 6.61 Å². The standard InChI is InChI=1S/C15H18N2O2/c1-2-10-18-14-4-3-9-17-15(14)19-13-7-5-12(11-16)6-8-13/h3-9H,2,10-11,16H2,1H3. The minimum absolute atomic E-state index is 0.483. The Balaban J connectivity index is 2.12. The molecule has 1 aromatic carbocycles. The lowest BCUT2D eigenvalue weighted by Crippen LogP contribution is -1.99. The van der Waals surface area contributed by atoms with E-state index in [0.29, 0.717) is 24.8 Å². The van der Waals surface area contributed by atoms with Gasteiger partial charge in [0.2, 0.25) is 0 Å². The molecule has 0 aliphatic carbocycles. The van der Waals surface area contributed by atoms with Crippen LogP contribution in [0.15, 0.2) is 42.6 Å². The fourth-order valence-corrected chi connectivity index (χ4v) is 1.58. The lowest BCUT2D eigenvalue weighted by Gasteiger charge is -2.10. The number of ether oxygens (including phenoxy) is 2. The summed E-state index contributed by atoms with van der Waals surface area (Å²) in [6.07, 6.45) is 2.63. The zero-order valence-corrected chi connectivity index (χ0v) is 11.0. The monoisotopic (exact) mass is 258 g/mol. The number of rotatable bonds is 6. The van der Waals surface area contributed by atoms with Gasteiger partial charge in [0, 0.05) is 12.7 Å². The highest BCUT2D eigenvalue weighted by molar-refractivity contribution is 5.37. The molecule has 0 bridgehead atoms. The van der Waals surface area contributed by atoms with Crippen molar-refractivity contribution in [1.29, 1.82) is 0 Å². The molecular formula is C15H18N2O2. The molecule has 2 aromatic rings. The molecule has 0 aliphatic rings. The summed E-state index contributed by atoms with van der Waals surface area (Å²) in [5.41, 5.74) is 6.62. The fraction of sp³-hybridized carbons (Fsp3) is 0.267. The molecule has 2 N–H and O–H groups in total. The van der Waals surface area contributed by atoms with Gasteiger partial charge >= 0.3 is 0 Å². The fourth-order valence-electron chi connectivity index (χ4n) is 1.58. The first-order chi connectivity index (χ1) is 9.33. The second-order valence-electron chi connectivity index (χ2n) is 4.11. The molecule has 1 heterocycles. The van der Waals surface area contributed by atoms with E-state index in [0.717, 1.165) is 17.7 Å². The molecule has 0 saturated heterocycles. The molecule has 0 radical (unpaired) electrons. The largest absolute Gasteiger partial charge is 0.488 e. The van der Waals surface area contributed by atoms with Gasteiger partial charge in [0.05, 0.1) is 6.61 Å². The minimum Gasteiger partial charge on any atom is -0.488 e. The van der Waals surface area contributed by atoms with Crippen LogP contribution in [0.3, 0.4) is 0 Å². The summed E-state index contributed by atoms with van der Waals surface area (Å²) in [4.78, 5) is 4.20. The van der Waals surface area contributed by atoms with E-state index in [1.54, 1.807) is 6.20 Å². The van der Waals surface area contributed by atoms with Crippen LogP contribution in [0, 0.1) is 0 Å². The van der Waals surface area contributed by atoms with E-state index in [-0.39, 0.29) is 0 Å². The number of hydrogen-bond donors (Lipinski definition) is 1. The number of pyridine rings is 1. The van der Waals surface area contributed by atoms with Crippen molar-refractivity contribution < 1.29 is 9.47 Å². The van der Waals surface area contributed by atoms with Gasteiger partial charge in [-0.05, 0) is 36.2 Å². The van der Waals surface area contributed by atoms with Crippen LogP contribution < -0.4 is 15.2 Å². The number of benzene rings is 1. The summed E-state index contributed by atoms with van der Waals surface area (Å²) in [6, 6.07) is 11.3. The van der Waals surface area contributed by atoms with Crippen molar-refractivity contribution in [1.82, 2.24) is 4.98 Å². The molecule has 0 amide bonds. The second-order valence-corrected chi connectivity index (χ2v) is 4.11. The van der Waals surface area contributed by atoms with Crippen molar-refractivity contribution in [2.45, 2.75) is 19.9 Å². The molecule has 2 rings (SSSR count). The van der Waals surface area contributed by atoms with E-state index in [9.17, 15) is 0 Å². The molecule has 100 valence electrons. The van der Waals surface area contributed by atoms with E-state index >= 15 is 0 Å². The number of nitrogens with zero attached hydrogens (tertiary/aromatic N) is 1. The third-order valence-corrected chi connectivity index (χ3v) is 2.57. The van der Waals surface area contributed by atoms with Gasteiger partial charge in [0.1, 0.15) is 5.75 Å². The Morgan fingerprint density at radius 3 is 2.63 bits per heavy atom. The quantitative estimate of drug-likeness (QED) is 0.864. The molecule has 4 nitrogen and oxygen atoms in total. The topological polar surface area (TPSA) is 57.4 Å². The Kier molecular flexibility index (Phi) is 4.75. The van der Waals surface area contributed by atoms with Gasteiger partial charge in [-0.3, -0.25) is 0 Å². The molecular weight excluding hydrogens is 240 g/mol. The highest BCUT2D eigenvalue weighted by atomic mass is 16.5. The van der Waals surface area contributed by atoms with Crippen LogP contribution in [-0.4, -0.2) is 11.6 Å². The van der Waals surface area contributed by atoms with Crippen molar-refractivity contribution >= 4 is 0 Å². The number of nitrogens with two attached hydrogens (primary N) is 1. The van der Waals surface area contributed by atoms with Crippen LogP contribution in [0.4, 0.5) is 0 Å². The van der Waals surface area contributed by atoms with Crippen LogP contribution in [0.1, 0.15) is 18.9 Å². The van der Waals surface area contributed by atoms with Crippen LogP contribution >= 0.6 is 0 Å². The summed E-state index contributed by atoms with van der Waals surface area (Å²) < 4.78 is 11.3. The molecule has 1 aromatic heterocycles. The normalized spacial score (nSPS) is 10.2. The minimum atomic E-state index is 0.483. The summed E-state index contributed by atoms with van der Waals surface area (Å²) in [5, 5.41) is 0. The highest BCUT2D eigenvalue weighted by Crippen LogP contribution is 2.28. The molecule has 4 heteroatoms. The van der Waals surface area contributed by atoms with Crippen LogP contribution in [0.25, 0.3) is 0 Å². The van der Waals surface area contributed by atoms with Crippen LogP contribution in [-0.2, 0) is 6.54 Å². The first kappa shape index (κ1) is 13.4. The summed E-state index contributed by atoms with van der Waals surface area (Å²) in [7, 11) is 0. The lowest BCUT2D eigenvalue weighted by molar-refractivity contribution is 0.298. The Labute approximate surface area is 113 Å². The predicted octanol–water partition coefficient (Wildman–Crippen LogP) is 3.12. The smallest absolute Gasteiger partial charge is 0.262 e. The highest BCUT2D eigenvalue weighted by Gasteiger charge is 2.06. The van der Waals surface area contributed by atoms with Gasteiger partial charge in [-0.2, -0.15) is 0 Å². The van der Waals surface area contributed by atoms with Gasteiger partial charge in [-0.25, -0.2) is 4.98 Å². The van der Waals surface area contributed by atoms with E-state index in [4.69, 9.17) is 15.2 Å². The predicted molar refractivity (Wildman–Crippen MR) is 74.4 cm³/mol. The first-order valence-corrected chi connectivity index (χ1v) is 6.38. The molecule has 0 fully saturated rings. The molecule has 19 heavy (non-hydrogen) atoms. The maximum Gasteiger partial charge on any atom is 0.262 e. The Morgan fingerprint density at radius 2 is 1.95 bits per heavy atom. The lowest BCUT2D eigenvalue weighted by atomic mass is 10.2. The molecule has 0 spiro atoms. The average molecular weight is 258 g/mol. The maximum absolute atomic E-state index is 5.73. The maximum atomic E-state index is 5.73. The molecule has 0 atom stereocenters. The van der Waals surface area contributed by atoms with Crippen molar-refractivity contribution in [3.8, 4) is 17.4 Å². The van der Waals surface area contributed by atoms with Gasteiger partial charge in [0.15, 0.2) is 5.75 Å².